The molecule has 0 spiro atoms. The Bertz CT molecular complexity index is 524. The average Bonchev–Trinajstić information content (AvgIpc) is 2.36. The highest BCUT2D eigenvalue weighted by molar-refractivity contribution is 6.02. The molecule has 1 aromatic rings. The van der Waals surface area contributed by atoms with Crippen LogP contribution in [0.25, 0.3) is 0 Å². The van der Waals surface area contributed by atoms with Crippen molar-refractivity contribution in [1.29, 1.82) is 0 Å². The molecule has 108 valence electrons. The van der Waals surface area contributed by atoms with Crippen LogP contribution in [0.4, 0.5) is 0 Å². The Kier molecular flexibility index (Phi) is 5.02. The molecular formula is C15H19NO4. The second-order valence-electron chi connectivity index (χ2n) is 5.33. The fourth-order valence-electron chi connectivity index (χ4n) is 1.55. The molecule has 0 fully saturated rings. The van der Waals surface area contributed by atoms with E-state index in [1.807, 2.05) is 20.8 Å². The minimum atomic E-state index is -0.490. The molecule has 5 heteroatoms. The van der Waals surface area contributed by atoms with Gasteiger partial charge < -0.3 is 9.57 Å². The maximum absolute atomic E-state index is 12.1. The lowest BCUT2D eigenvalue weighted by atomic mass is 9.86. The van der Waals surface area contributed by atoms with Crippen molar-refractivity contribution in [3.8, 4) is 0 Å². The van der Waals surface area contributed by atoms with Crippen LogP contribution in [0.2, 0.25) is 0 Å². The first kappa shape index (κ1) is 15.9. The van der Waals surface area contributed by atoms with E-state index >= 15 is 0 Å². The fraction of sp³-hybridized carbons (Fsp3) is 0.400. The van der Waals surface area contributed by atoms with Crippen LogP contribution >= 0.6 is 0 Å². The second kappa shape index (κ2) is 6.32. The first-order valence-electron chi connectivity index (χ1n) is 6.20. The Labute approximate surface area is 118 Å². The van der Waals surface area contributed by atoms with E-state index in [0.717, 1.165) is 0 Å². The number of hydrogen-bond acceptors (Lipinski definition) is 5. The van der Waals surface area contributed by atoms with Crippen molar-refractivity contribution in [3.63, 3.8) is 0 Å². The number of ether oxygens (including phenoxy) is 1. The number of esters is 1. The van der Waals surface area contributed by atoms with E-state index in [0.29, 0.717) is 11.1 Å². The molecule has 0 atom stereocenters. The van der Waals surface area contributed by atoms with Gasteiger partial charge in [-0.2, -0.15) is 0 Å². The molecule has 0 unspecified atom stereocenters. The van der Waals surface area contributed by atoms with Gasteiger partial charge in [-0.3, -0.25) is 9.59 Å². The summed E-state index contributed by atoms with van der Waals surface area (Å²) in [7, 11) is 1.36. The zero-order valence-corrected chi connectivity index (χ0v) is 12.4. The number of rotatable bonds is 3. The Balaban J connectivity index is 3.03. The summed E-state index contributed by atoms with van der Waals surface area (Å²) >= 11 is 0. The molecule has 0 saturated heterocycles. The number of oxime groups is 1. The van der Waals surface area contributed by atoms with E-state index in [1.54, 1.807) is 24.3 Å². The summed E-state index contributed by atoms with van der Waals surface area (Å²) in [5, 5.41) is 3.65. The van der Waals surface area contributed by atoms with Gasteiger partial charge in [0.15, 0.2) is 5.78 Å². The smallest absolute Gasteiger partial charge is 0.309 e. The molecule has 0 aromatic heterocycles. The Morgan fingerprint density at radius 2 is 1.55 bits per heavy atom. The summed E-state index contributed by atoms with van der Waals surface area (Å²) in [4.78, 5) is 27.7. The van der Waals surface area contributed by atoms with Gasteiger partial charge in [0.25, 0.3) is 5.90 Å². The van der Waals surface area contributed by atoms with Crippen LogP contribution in [0.3, 0.4) is 0 Å². The quantitative estimate of drug-likeness (QED) is 0.280. The van der Waals surface area contributed by atoms with E-state index in [-0.39, 0.29) is 11.7 Å². The summed E-state index contributed by atoms with van der Waals surface area (Å²) in [6.07, 6.45) is 0. The minimum absolute atomic E-state index is 0.0433. The van der Waals surface area contributed by atoms with E-state index in [2.05, 4.69) is 9.99 Å². The number of carbonyl (C=O) groups is 2. The van der Waals surface area contributed by atoms with Crippen LogP contribution in [-0.2, 0) is 14.4 Å². The van der Waals surface area contributed by atoms with Gasteiger partial charge in [-0.15, -0.1) is 0 Å². The zero-order valence-electron chi connectivity index (χ0n) is 12.4. The van der Waals surface area contributed by atoms with E-state index in [9.17, 15) is 9.59 Å². The van der Waals surface area contributed by atoms with Crippen molar-refractivity contribution in [1.82, 2.24) is 0 Å². The lowest BCUT2D eigenvalue weighted by Crippen LogP contribution is -2.20. The monoisotopic (exact) mass is 277 g/mol. The van der Waals surface area contributed by atoms with Gasteiger partial charge in [-0.25, -0.2) is 0 Å². The maximum atomic E-state index is 12.1. The van der Waals surface area contributed by atoms with Crippen LogP contribution < -0.4 is 0 Å². The summed E-state index contributed by atoms with van der Waals surface area (Å²) in [5.74, 6) is -0.382. The van der Waals surface area contributed by atoms with Crippen LogP contribution in [0.5, 0.6) is 0 Å². The third-order valence-electron chi connectivity index (χ3n) is 2.49. The molecule has 5 nitrogen and oxygen atoms in total. The van der Waals surface area contributed by atoms with Crippen LogP contribution in [0.15, 0.2) is 29.4 Å². The molecule has 0 aliphatic heterocycles. The molecule has 0 amide bonds. The third-order valence-corrected chi connectivity index (χ3v) is 2.49. The fourth-order valence-corrected chi connectivity index (χ4v) is 1.55. The summed E-state index contributed by atoms with van der Waals surface area (Å²) in [6.45, 7) is 6.86. The van der Waals surface area contributed by atoms with E-state index in [1.165, 1.54) is 14.0 Å². The van der Waals surface area contributed by atoms with Gasteiger partial charge in [-0.05, 0) is 17.3 Å². The zero-order chi connectivity index (χ0) is 15.3. The van der Waals surface area contributed by atoms with Gasteiger partial charge in [0, 0.05) is 23.5 Å². The van der Waals surface area contributed by atoms with Crippen LogP contribution in [-0.4, -0.2) is 24.8 Å². The normalized spacial score (nSPS) is 11.9. The number of ketones is 1. The second-order valence-corrected chi connectivity index (χ2v) is 5.33. The number of Topliss-reactive ketones (excluding diaryl/α,β-unsaturated/α-hetero) is 1. The molecule has 0 heterocycles. The van der Waals surface area contributed by atoms with Crippen LogP contribution in [0.1, 0.15) is 43.6 Å². The Hall–Kier alpha value is -2.17. The highest BCUT2D eigenvalue weighted by Gasteiger charge is 2.23. The van der Waals surface area contributed by atoms with E-state index < -0.39 is 11.4 Å². The molecule has 0 aliphatic rings. The lowest BCUT2D eigenvalue weighted by Gasteiger charge is -2.16. The molecule has 1 aromatic carbocycles. The largest absolute Gasteiger partial charge is 0.404 e. The Morgan fingerprint density at radius 1 is 1.05 bits per heavy atom. The first-order chi connectivity index (χ1) is 9.25. The Morgan fingerprint density at radius 3 is 1.95 bits per heavy atom. The third kappa shape index (κ3) is 4.19. The van der Waals surface area contributed by atoms with Gasteiger partial charge >= 0.3 is 5.97 Å². The maximum Gasteiger partial charge on any atom is 0.309 e. The minimum Gasteiger partial charge on any atom is -0.404 e. The number of nitrogens with zero attached hydrogens (tertiary/aromatic N) is 1. The molecule has 1 rings (SSSR count). The van der Waals surface area contributed by atoms with Gasteiger partial charge in [0.1, 0.15) is 7.11 Å². The molecule has 0 saturated carbocycles. The highest BCUT2D eigenvalue weighted by atomic mass is 16.6. The molecular weight excluding hydrogens is 258 g/mol. The van der Waals surface area contributed by atoms with Gasteiger partial charge in [0.2, 0.25) is 0 Å². The topological polar surface area (TPSA) is 65.0 Å². The van der Waals surface area contributed by atoms with Gasteiger partial charge in [0.05, 0.1) is 0 Å². The van der Waals surface area contributed by atoms with Crippen molar-refractivity contribution in [2.45, 2.75) is 27.7 Å². The SMILES string of the molecule is CON=C(OC(C)=O)c1ccc(C(=O)C(C)(C)C)cc1. The van der Waals surface area contributed by atoms with Crippen molar-refractivity contribution in [2.24, 2.45) is 10.6 Å². The van der Waals surface area contributed by atoms with E-state index in [4.69, 9.17) is 4.74 Å². The predicted octanol–water partition coefficient (Wildman–Crippen LogP) is 2.79. The first-order valence-corrected chi connectivity index (χ1v) is 6.20. The molecule has 0 radical (unpaired) electrons. The summed E-state index contributed by atoms with van der Waals surface area (Å²) in [6, 6.07) is 6.69. The number of benzene rings is 1. The molecule has 20 heavy (non-hydrogen) atoms. The van der Waals surface area contributed by atoms with Crippen LogP contribution in [0, 0.1) is 5.41 Å². The standard InChI is InChI=1S/C15H19NO4/c1-10(17)20-14(16-19-5)12-8-6-11(7-9-12)13(18)15(2,3)4/h6-9H,1-5H3. The number of carbonyl (C=O) groups excluding carboxylic acids is 2. The highest BCUT2D eigenvalue weighted by Crippen LogP contribution is 2.21. The number of hydrogen-bond donors (Lipinski definition) is 0. The summed E-state index contributed by atoms with van der Waals surface area (Å²) in [5.41, 5.74) is 0.717. The van der Waals surface area contributed by atoms with Crippen molar-refractivity contribution in [3.05, 3.63) is 35.4 Å². The van der Waals surface area contributed by atoms with Gasteiger partial charge in [-0.1, -0.05) is 32.9 Å². The average molecular weight is 277 g/mol. The predicted molar refractivity (Wildman–Crippen MR) is 75.5 cm³/mol. The van der Waals surface area contributed by atoms with Crippen molar-refractivity contribution >= 4 is 17.7 Å². The lowest BCUT2D eigenvalue weighted by molar-refractivity contribution is -0.133. The van der Waals surface area contributed by atoms with Crippen molar-refractivity contribution in [2.75, 3.05) is 7.11 Å². The molecule has 0 N–H and O–H groups in total. The molecule has 0 aliphatic carbocycles. The van der Waals surface area contributed by atoms with Crippen molar-refractivity contribution < 1.29 is 19.2 Å². The molecule has 0 bridgehead atoms. The summed E-state index contributed by atoms with van der Waals surface area (Å²) < 4.78 is 4.95.